The third-order valence-corrected chi connectivity index (χ3v) is 3.10. The molecule has 0 atom stereocenters. The highest BCUT2D eigenvalue weighted by atomic mass is 16.5. The molecule has 0 radical (unpaired) electrons. The maximum Gasteiger partial charge on any atom is 0.164 e. The lowest BCUT2D eigenvalue weighted by Crippen LogP contribution is -2.19. The lowest BCUT2D eigenvalue weighted by atomic mass is 10.1. The molecule has 0 spiro atoms. The topological polar surface area (TPSA) is 69.2 Å². The molecule has 0 aliphatic rings. The highest BCUT2D eigenvalue weighted by Crippen LogP contribution is 2.33. The summed E-state index contributed by atoms with van der Waals surface area (Å²) in [5.74, 6) is 1.20. The number of nitrogens with two attached hydrogens (primary N) is 1. The third-order valence-electron chi connectivity index (χ3n) is 3.10. The molecule has 0 amide bonds. The zero-order valence-corrected chi connectivity index (χ0v) is 12.4. The number of anilines is 1. The van der Waals surface area contributed by atoms with Crippen LogP contribution in [-0.2, 0) is 6.54 Å². The molecular formula is C14H21N5O. The molecule has 0 fully saturated rings. The Bertz CT molecular complexity index is 591. The van der Waals surface area contributed by atoms with Gasteiger partial charge in [-0.3, -0.25) is 4.68 Å². The summed E-state index contributed by atoms with van der Waals surface area (Å²) in [7, 11) is 5.70. The first-order valence-corrected chi connectivity index (χ1v) is 6.50. The molecule has 0 saturated carbocycles. The Morgan fingerprint density at radius 3 is 2.75 bits per heavy atom. The summed E-state index contributed by atoms with van der Waals surface area (Å²) in [5, 5.41) is 4.39. The number of aryl methyl sites for hydroxylation is 1. The first kappa shape index (κ1) is 14.3. The highest BCUT2D eigenvalue weighted by molar-refractivity contribution is 5.76. The summed E-state index contributed by atoms with van der Waals surface area (Å²) in [5.41, 5.74) is 8.80. The van der Waals surface area contributed by atoms with Crippen LogP contribution in [0.5, 0.6) is 5.75 Å². The Morgan fingerprint density at radius 1 is 1.35 bits per heavy atom. The van der Waals surface area contributed by atoms with Crippen molar-refractivity contribution >= 4 is 5.82 Å². The average molecular weight is 275 g/mol. The quantitative estimate of drug-likeness (QED) is 0.893. The molecule has 108 valence electrons. The number of rotatable bonds is 5. The van der Waals surface area contributed by atoms with Crippen LogP contribution >= 0.6 is 0 Å². The Hall–Kier alpha value is -2.08. The molecule has 2 aromatic heterocycles. The lowest BCUT2D eigenvalue weighted by Gasteiger charge is -2.14. The van der Waals surface area contributed by atoms with Crippen molar-refractivity contribution in [3.8, 4) is 17.0 Å². The van der Waals surface area contributed by atoms with Crippen molar-refractivity contribution in [1.29, 1.82) is 0 Å². The van der Waals surface area contributed by atoms with E-state index in [9.17, 15) is 0 Å². The fourth-order valence-corrected chi connectivity index (χ4v) is 2.02. The van der Waals surface area contributed by atoms with E-state index >= 15 is 0 Å². The monoisotopic (exact) mass is 275 g/mol. The number of pyridine rings is 1. The van der Waals surface area contributed by atoms with Gasteiger partial charge in [-0.15, -0.1) is 0 Å². The summed E-state index contributed by atoms with van der Waals surface area (Å²) in [4.78, 5) is 6.32. The van der Waals surface area contributed by atoms with E-state index in [1.807, 2.05) is 31.8 Å². The van der Waals surface area contributed by atoms with Gasteiger partial charge in [0, 0.05) is 18.3 Å². The second kappa shape index (κ2) is 5.92. The number of nitrogen functional groups attached to an aromatic ring is 1. The molecular weight excluding hydrogens is 254 g/mol. The van der Waals surface area contributed by atoms with Crippen LogP contribution < -0.4 is 10.5 Å². The Labute approximate surface area is 119 Å². The van der Waals surface area contributed by atoms with Gasteiger partial charge < -0.3 is 15.4 Å². The molecule has 0 aliphatic carbocycles. The molecule has 2 aromatic rings. The molecule has 0 aromatic carbocycles. The largest absolute Gasteiger partial charge is 0.493 e. The van der Waals surface area contributed by atoms with Crippen LogP contribution in [0.1, 0.15) is 5.56 Å². The van der Waals surface area contributed by atoms with Gasteiger partial charge in [0.1, 0.15) is 11.5 Å². The van der Waals surface area contributed by atoms with Crippen molar-refractivity contribution in [1.82, 2.24) is 19.7 Å². The smallest absolute Gasteiger partial charge is 0.164 e. The predicted molar refractivity (Wildman–Crippen MR) is 79.7 cm³/mol. The summed E-state index contributed by atoms with van der Waals surface area (Å²) in [6, 6.07) is 2.01. The van der Waals surface area contributed by atoms with Crippen molar-refractivity contribution in [3.05, 3.63) is 24.0 Å². The first-order chi connectivity index (χ1) is 9.52. The molecule has 2 rings (SSSR count). The molecule has 0 aliphatic heterocycles. The van der Waals surface area contributed by atoms with Gasteiger partial charge in [-0.05, 0) is 32.6 Å². The van der Waals surface area contributed by atoms with Gasteiger partial charge >= 0.3 is 0 Å². The predicted octanol–water partition coefficient (Wildman–Crippen LogP) is 1.41. The number of ether oxygens (including phenoxy) is 1. The molecule has 20 heavy (non-hydrogen) atoms. The number of methoxy groups -OCH3 is 1. The fraction of sp³-hybridized carbons (Fsp3) is 0.429. The van der Waals surface area contributed by atoms with Crippen LogP contribution in [0.15, 0.2) is 18.5 Å². The molecule has 0 unspecified atom stereocenters. The minimum atomic E-state index is 0.487. The molecule has 6 nitrogen and oxygen atoms in total. The van der Waals surface area contributed by atoms with Crippen LogP contribution in [0.2, 0.25) is 0 Å². The van der Waals surface area contributed by atoms with Gasteiger partial charge in [0.25, 0.3) is 0 Å². The van der Waals surface area contributed by atoms with Crippen molar-refractivity contribution in [2.75, 3.05) is 33.5 Å². The summed E-state index contributed by atoms with van der Waals surface area (Å²) in [6.45, 7) is 3.64. The van der Waals surface area contributed by atoms with Crippen LogP contribution in [0.3, 0.4) is 0 Å². The van der Waals surface area contributed by atoms with Crippen LogP contribution in [0, 0.1) is 6.92 Å². The highest BCUT2D eigenvalue weighted by Gasteiger charge is 2.17. The second-order valence-electron chi connectivity index (χ2n) is 5.03. The van der Waals surface area contributed by atoms with E-state index in [0.717, 1.165) is 29.9 Å². The van der Waals surface area contributed by atoms with E-state index in [1.54, 1.807) is 19.5 Å². The molecule has 2 N–H and O–H groups in total. The summed E-state index contributed by atoms with van der Waals surface area (Å²) >= 11 is 0. The maximum atomic E-state index is 6.01. The fourth-order valence-electron chi connectivity index (χ4n) is 2.02. The standard InChI is InChI=1S/C14H21N5O/c1-10-7-11(14(15)16-8-10)13-12(20-4)9-17-19(13)6-5-18(2)3/h7-9H,5-6H2,1-4H3,(H2,15,16). The van der Waals surface area contributed by atoms with E-state index in [0.29, 0.717) is 11.6 Å². The molecule has 0 bridgehead atoms. The van der Waals surface area contributed by atoms with Gasteiger partial charge in [-0.1, -0.05) is 0 Å². The Kier molecular flexibility index (Phi) is 4.24. The SMILES string of the molecule is COc1cnn(CCN(C)C)c1-c1cc(C)cnc1N. The van der Waals surface area contributed by atoms with Crippen LogP contribution in [0.4, 0.5) is 5.82 Å². The summed E-state index contributed by atoms with van der Waals surface area (Å²) < 4.78 is 7.31. The molecule has 0 saturated heterocycles. The van der Waals surface area contributed by atoms with Gasteiger partial charge in [0.05, 0.1) is 19.9 Å². The number of nitrogens with zero attached hydrogens (tertiary/aromatic N) is 4. The lowest BCUT2D eigenvalue weighted by molar-refractivity contribution is 0.373. The normalized spacial score (nSPS) is 11.1. The minimum Gasteiger partial charge on any atom is -0.493 e. The maximum absolute atomic E-state index is 6.01. The van der Waals surface area contributed by atoms with Crippen LogP contribution in [-0.4, -0.2) is 47.4 Å². The van der Waals surface area contributed by atoms with E-state index in [4.69, 9.17) is 10.5 Å². The van der Waals surface area contributed by atoms with E-state index in [2.05, 4.69) is 15.0 Å². The van der Waals surface area contributed by atoms with Crippen molar-refractivity contribution in [2.45, 2.75) is 13.5 Å². The Balaban J connectivity index is 2.47. The minimum absolute atomic E-state index is 0.487. The van der Waals surface area contributed by atoms with Crippen LogP contribution in [0.25, 0.3) is 11.3 Å². The second-order valence-corrected chi connectivity index (χ2v) is 5.03. The van der Waals surface area contributed by atoms with E-state index in [1.165, 1.54) is 0 Å². The number of hydrogen-bond donors (Lipinski definition) is 1. The van der Waals surface area contributed by atoms with Gasteiger partial charge in [-0.25, -0.2) is 4.98 Å². The zero-order chi connectivity index (χ0) is 14.7. The zero-order valence-electron chi connectivity index (χ0n) is 12.4. The van der Waals surface area contributed by atoms with Crippen molar-refractivity contribution in [3.63, 3.8) is 0 Å². The Morgan fingerprint density at radius 2 is 2.10 bits per heavy atom. The number of hydrogen-bond acceptors (Lipinski definition) is 5. The summed E-state index contributed by atoms with van der Waals surface area (Å²) in [6.07, 6.45) is 3.47. The molecule has 6 heteroatoms. The van der Waals surface area contributed by atoms with Gasteiger partial charge in [0.15, 0.2) is 5.75 Å². The average Bonchev–Trinajstić information content (AvgIpc) is 2.82. The van der Waals surface area contributed by atoms with E-state index in [-0.39, 0.29) is 0 Å². The number of likely N-dealkylation sites (N-methyl/N-ethyl adjacent to an activating group) is 1. The van der Waals surface area contributed by atoms with Crippen molar-refractivity contribution in [2.24, 2.45) is 0 Å². The molecule has 2 heterocycles. The first-order valence-electron chi connectivity index (χ1n) is 6.50. The van der Waals surface area contributed by atoms with E-state index < -0.39 is 0 Å². The van der Waals surface area contributed by atoms with Crippen molar-refractivity contribution < 1.29 is 4.74 Å². The van der Waals surface area contributed by atoms with Gasteiger partial charge in [-0.2, -0.15) is 5.10 Å². The van der Waals surface area contributed by atoms with Gasteiger partial charge in [0.2, 0.25) is 0 Å². The third kappa shape index (κ3) is 2.91. The number of aromatic nitrogens is 3.